The van der Waals surface area contributed by atoms with E-state index in [1.54, 1.807) is 25.3 Å². The Bertz CT molecular complexity index is 1020. The second kappa shape index (κ2) is 6.94. The Morgan fingerprint density at radius 3 is 2.28 bits per heavy atom. The number of sulfonamides is 1. The molecule has 0 aliphatic carbocycles. The summed E-state index contributed by atoms with van der Waals surface area (Å²) in [6.45, 7) is 0. The number of hydrogen-bond acceptors (Lipinski definition) is 4. The van der Waals surface area contributed by atoms with E-state index in [0.29, 0.717) is 17.1 Å². The van der Waals surface area contributed by atoms with Gasteiger partial charge in [-0.2, -0.15) is 12.8 Å². The molecule has 0 amide bonds. The minimum absolute atomic E-state index is 0.101. The maximum absolute atomic E-state index is 12.5. The van der Waals surface area contributed by atoms with Gasteiger partial charge in [-0.15, -0.1) is 0 Å². The molecule has 0 fully saturated rings. The van der Waals surface area contributed by atoms with Crippen LogP contribution in [0.2, 0.25) is 0 Å². The highest BCUT2D eigenvalue weighted by Crippen LogP contribution is 2.27. The lowest BCUT2D eigenvalue weighted by Gasteiger charge is -2.08. The van der Waals surface area contributed by atoms with Gasteiger partial charge in [0, 0.05) is 5.56 Å². The molecule has 0 bridgehead atoms. The Balaban J connectivity index is 2.04. The fraction of sp³-hybridized carbons (Fsp3) is 0.105. The Labute approximate surface area is 146 Å². The molecule has 0 aromatic heterocycles. The van der Waals surface area contributed by atoms with Crippen molar-refractivity contribution in [1.29, 1.82) is 0 Å². The molecule has 6 heteroatoms. The van der Waals surface area contributed by atoms with Gasteiger partial charge in [0.1, 0.15) is 11.5 Å². The average molecular weight is 355 g/mol. The van der Waals surface area contributed by atoms with Crippen molar-refractivity contribution in [2.75, 3.05) is 14.2 Å². The van der Waals surface area contributed by atoms with Crippen LogP contribution in [0.5, 0.6) is 11.5 Å². The molecule has 5 nitrogen and oxygen atoms in total. The van der Waals surface area contributed by atoms with Crippen molar-refractivity contribution in [2.45, 2.75) is 4.90 Å². The van der Waals surface area contributed by atoms with Gasteiger partial charge < -0.3 is 9.47 Å². The maximum Gasteiger partial charge on any atom is 0.282 e. The molecule has 0 saturated heterocycles. The summed E-state index contributed by atoms with van der Waals surface area (Å²) in [4.78, 5) is 0.101. The third-order valence-electron chi connectivity index (χ3n) is 3.83. The van der Waals surface area contributed by atoms with Crippen LogP contribution in [0.15, 0.2) is 70.0 Å². The summed E-state index contributed by atoms with van der Waals surface area (Å²) in [5.41, 5.74) is 0.623. The van der Waals surface area contributed by atoms with Gasteiger partial charge in [-0.1, -0.05) is 30.3 Å². The quantitative estimate of drug-likeness (QED) is 0.655. The molecule has 3 aromatic rings. The highest BCUT2D eigenvalue weighted by molar-refractivity contribution is 7.90. The molecule has 0 spiro atoms. The van der Waals surface area contributed by atoms with Gasteiger partial charge >= 0.3 is 0 Å². The number of benzene rings is 3. The van der Waals surface area contributed by atoms with Gasteiger partial charge in [0.25, 0.3) is 10.0 Å². The standard InChI is InChI=1S/C19H17NO4S/c1-23-15-8-10-16(11-9-15)25(21,22)20-13-18-17-6-4-3-5-14(17)7-12-19(18)24-2/h3-13H,1-2H3/b20-13+. The number of methoxy groups -OCH3 is 2. The predicted molar refractivity (Wildman–Crippen MR) is 98.3 cm³/mol. The minimum Gasteiger partial charge on any atom is -0.497 e. The number of fused-ring (bicyclic) bond motifs is 1. The molecule has 0 radical (unpaired) electrons. The van der Waals surface area contributed by atoms with E-state index >= 15 is 0 Å². The first-order valence-electron chi connectivity index (χ1n) is 7.55. The highest BCUT2D eigenvalue weighted by Gasteiger charge is 2.13. The molecular formula is C19H17NO4S. The van der Waals surface area contributed by atoms with E-state index < -0.39 is 10.0 Å². The first-order chi connectivity index (χ1) is 12.0. The molecule has 128 valence electrons. The molecule has 25 heavy (non-hydrogen) atoms. The zero-order valence-corrected chi connectivity index (χ0v) is 14.7. The third kappa shape index (κ3) is 3.49. The SMILES string of the molecule is COc1ccc(S(=O)(=O)/N=C/c2c(OC)ccc3ccccc23)cc1. The summed E-state index contributed by atoms with van der Waals surface area (Å²) in [7, 11) is -0.755. The van der Waals surface area contributed by atoms with Crippen molar-refractivity contribution in [1.82, 2.24) is 0 Å². The smallest absolute Gasteiger partial charge is 0.282 e. The number of hydrogen-bond donors (Lipinski definition) is 0. The molecule has 0 unspecified atom stereocenters. The van der Waals surface area contributed by atoms with Crippen molar-refractivity contribution in [3.8, 4) is 11.5 Å². The van der Waals surface area contributed by atoms with Crippen LogP contribution in [0, 0.1) is 0 Å². The normalized spacial score (nSPS) is 11.8. The number of ether oxygens (including phenoxy) is 2. The highest BCUT2D eigenvalue weighted by atomic mass is 32.2. The monoisotopic (exact) mass is 355 g/mol. The molecular weight excluding hydrogens is 338 g/mol. The second-order valence-electron chi connectivity index (χ2n) is 5.29. The lowest BCUT2D eigenvalue weighted by Crippen LogP contribution is -1.99. The summed E-state index contributed by atoms with van der Waals surface area (Å²) in [6, 6.07) is 17.5. The van der Waals surface area contributed by atoms with Gasteiger partial charge in [0.15, 0.2) is 0 Å². The van der Waals surface area contributed by atoms with Gasteiger partial charge in [-0.3, -0.25) is 0 Å². The van der Waals surface area contributed by atoms with E-state index in [4.69, 9.17) is 9.47 Å². The summed E-state index contributed by atoms with van der Waals surface area (Å²) in [5.74, 6) is 1.14. The molecule has 0 atom stereocenters. The van der Waals surface area contributed by atoms with Crippen LogP contribution in [0.3, 0.4) is 0 Å². The fourth-order valence-corrected chi connectivity index (χ4v) is 3.36. The molecule has 3 aromatic carbocycles. The fourth-order valence-electron chi connectivity index (χ4n) is 2.52. The van der Waals surface area contributed by atoms with Gasteiger partial charge in [-0.25, -0.2) is 0 Å². The number of rotatable bonds is 5. The van der Waals surface area contributed by atoms with Crippen LogP contribution < -0.4 is 9.47 Å². The third-order valence-corrected chi connectivity index (χ3v) is 5.08. The largest absolute Gasteiger partial charge is 0.497 e. The molecule has 0 saturated carbocycles. The Morgan fingerprint density at radius 1 is 0.880 bits per heavy atom. The van der Waals surface area contributed by atoms with Crippen LogP contribution in [-0.2, 0) is 10.0 Å². The second-order valence-corrected chi connectivity index (χ2v) is 6.92. The first kappa shape index (κ1) is 17.0. The van der Waals surface area contributed by atoms with Crippen LogP contribution in [-0.4, -0.2) is 28.9 Å². The van der Waals surface area contributed by atoms with E-state index in [2.05, 4.69) is 4.40 Å². The van der Waals surface area contributed by atoms with E-state index in [1.165, 1.54) is 25.5 Å². The maximum atomic E-state index is 12.5. The van der Waals surface area contributed by atoms with Crippen molar-refractivity contribution in [3.05, 3.63) is 66.2 Å². The molecule has 0 aliphatic heterocycles. The molecule has 0 aliphatic rings. The lowest BCUT2D eigenvalue weighted by atomic mass is 10.0. The topological polar surface area (TPSA) is 65.0 Å². The molecule has 0 heterocycles. The zero-order chi connectivity index (χ0) is 17.9. The van der Waals surface area contributed by atoms with E-state index in [9.17, 15) is 8.42 Å². The summed E-state index contributed by atoms with van der Waals surface area (Å²) >= 11 is 0. The summed E-state index contributed by atoms with van der Waals surface area (Å²) < 4.78 is 39.2. The van der Waals surface area contributed by atoms with Gasteiger partial charge in [-0.05, 0) is 41.1 Å². The predicted octanol–water partition coefficient (Wildman–Crippen LogP) is 3.66. The average Bonchev–Trinajstić information content (AvgIpc) is 2.66. The van der Waals surface area contributed by atoms with Crippen LogP contribution in [0.25, 0.3) is 10.8 Å². The summed E-state index contributed by atoms with van der Waals surface area (Å²) in [5, 5.41) is 1.85. The zero-order valence-electron chi connectivity index (χ0n) is 13.8. The molecule has 0 N–H and O–H groups in total. The Hall–Kier alpha value is -2.86. The Morgan fingerprint density at radius 2 is 1.60 bits per heavy atom. The lowest BCUT2D eigenvalue weighted by molar-refractivity contribution is 0.414. The van der Waals surface area contributed by atoms with Crippen molar-refractivity contribution < 1.29 is 17.9 Å². The van der Waals surface area contributed by atoms with Crippen molar-refractivity contribution in [3.63, 3.8) is 0 Å². The van der Waals surface area contributed by atoms with Gasteiger partial charge in [0.2, 0.25) is 0 Å². The van der Waals surface area contributed by atoms with Crippen molar-refractivity contribution >= 4 is 27.0 Å². The summed E-state index contributed by atoms with van der Waals surface area (Å²) in [6.07, 6.45) is 1.33. The van der Waals surface area contributed by atoms with E-state index in [1.807, 2.05) is 30.3 Å². The van der Waals surface area contributed by atoms with Crippen LogP contribution in [0.1, 0.15) is 5.56 Å². The number of nitrogens with zero attached hydrogens (tertiary/aromatic N) is 1. The van der Waals surface area contributed by atoms with Crippen molar-refractivity contribution in [2.24, 2.45) is 4.40 Å². The van der Waals surface area contributed by atoms with Crippen LogP contribution in [0.4, 0.5) is 0 Å². The van der Waals surface area contributed by atoms with Gasteiger partial charge in [0.05, 0.1) is 25.3 Å². The minimum atomic E-state index is -3.82. The van der Waals surface area contributed by atoms with E-state index in [0.717, 1.165) is 10.8 Å². The first-order valence-corrected chi connectivity index (χ1v) is 8.99. The molecule has 3 rings (SSSR count). The van der Waals surface area contributed by atoms with E-state index in [-0.39, 0.29) is 4.90 Å². The Kier molecular flexibility index (Phi) is 4.72. The van der Waals surface area contributed by atoms with Crippen LogP contribution >= 0.6 is 0 Å².